The summed E-state index contributed by atoms with van der Waals surface area (Å²) in [6, 6.07) is 8.92. The van der Waals surface area contributed by atoms with Gasteiger partial charge >= 0.3 is 6.18 Å². The van der Waals surface area contributed by atoms with Gasteiger partial charge in [0.1, 0.15) is 6.04 Å². The fraction of sp³-hybridized carbons (Fsp3) is 0.381. The molecule has 2 aromatic rings. The third-order valence-corrected chi connectivity index (χ3v) is 6.41. The number of carbonyl (C=O) groups excluding carboxylic acids is 1. The summed E-state index contributed by atoms with van der Waals surface area (Å²) in [7, 11) is -2.17. The standard InChI is InChI=1S/C21H25ClF3N3O3S/c1-13(2)19(28-18-9-8-16(10-17(18)22)21(23,24)25)20(29)27-11-14-6-4-5-7-15(14)12-32(30,31)26-3/h4-10,13,19,26,28H,11-12H2,1-3H3,(H,27,29)/t19-/m1/s1. The van der Waals surface area contributed by atoms with Crippen LogP contribution in [0.2, 0.25) is 5.02 Å². The van der Waals surface area contributed by atoms with Crippen LogP contribution in [-0.4, -0.2) is 27.4 Å². The minimum absolute atomic E-state index is 0.0832. The van der Waals surface area contributed by atoms with Gasteiger partial charge in [-0.25, -0.2) is 13.1 Å². The summed E-state index contributed by atoms with van der Waals surface area (Å²) in [5, 5.41) is 5.51. The molecule has 11 heteroatoms. The van der Waals surface area contributed by atoms with Gasteiger partial charge in [-0.1, -0.05) is 49.7 Å². The Morgan fingerprint density at radius 3 is 2.25 bits per heavy atom. The summed E-state index contributed by atoms with van der Waals surface area (Å²) < 4.78 is 64.6. The minimum atomic E-state index is -4.52. The molecule has 0 bridgehead atoms. The highest BCUT2D eigenvalue weighted by atomic mass is 35.5. The van der Waals surface area contributed by atoms with E-state index in [0.717, 1.165) is 12.1 Å². The summed E-state index contributed by atoms with van der Waals surface area (Å²) in [6.07, 6.45) is -4.52. The van der Waals surface area contributed by atoms with Gasteiger partial charge in [-0.05, 0) is 42.3 Å². The molecule has 1 atom stereocenters. The summed E-state index contributed by atoms with van der Waals surface area (Å²) in [5.74, 6) is -0.849. The molecule has 0 saturated heterocycles. The number of carbonyl (C=O) groups is 1. The Labute approximate surface area is 190 Å². The zero-order valence-electron chi connectivity index (χ0n) is 17.8. The van der Waals surface area contributed by atoms with Gasteiger partial charge in [0.2, 0.25) is 15.9 Å². The Morgan fingerprint density at radius 2 is 1.72 bits per heavy atom. The zero-order chi connectivity index (χ0) is 24.1. The van der Waals surface area contributed by atoms with Gasteiger partial charge in [0.25, 0.3) is 0 Å². The first-order chi connectivity index (χ1) is 14.8. The van der Waals surface area contributed by atoms with E-state index < -0.39 is 33.7 Å². The van der Waals surface area contributed by atoms with Crippen molar-refractivity contribution >= 4 is 33.2 Å². The lowest BCUT2D eigenvalue weighted by Crippen LogP contribution is -2.43. The monoisotopic (exact) mass is 491 g/mol. The molecule has 1 amide bonds. The molecule has 0 radical (unpaired) electrons. The normalized spacial score (nSPS) is 13.1. The largest absolute Gasteiger partial charge is 0.416 e. The topological polar surface area (TPSA) is 87.3 Å². The van der Waals surface area contributed by atoms with Gasteiger partial charge in [0.05, 0.1) is 22.0 Å². The lowest BCUT2D eigenvalue weighted by atomic mass is 10.0. The molecule has 0 heterocycles. The van der Waals surface area contributed by atoms with Crippen molar-refractivity contribution in [1.82, 2.24) is 10.0 Å². The van der Waals surface area contributed by atoms with Crippen molar-refractivity contribution in [2.45, 2.75) is 38.4 Å². The number of rotatable bonds is 9. The minimum Gasteiger partial charge on any atom is -0.372 e. The molecule has 32 heavy (non-hydrogen) atoms. The van der Waals surface area contributed by atoms with Crippen LogP contribution in [0.3, 0.4) is 0 Å². The third-order valence-electron chi connectivity index (χ3n) is 4.78. The van der Waals surface area contributed by atoms with Gasteiger partial charge in [-0.15, -0.1) is 0 Å². The molecular weight excluding hydrogens is 467 g/mol. The number of nitrogens with one attached hydrogen (secondary N) is 3. The van der Waals surface area contributed by atoms with E-state index in [9.17, 15) is 26.4 Å². The van der Waals surface area contributed by atoms with Crippen LogP contribution in [-0.2, 0) is 33.3 Å². The number of hydrogen-bond acceptors (Lipinski definition) is 4. The van der Waals surface area contributed by atoms with Crippen molar-refractivity contribution in [2.75, 3.05) is 12.4 Å². The summed E-state index contributed by atoms with van der Waals surface area (Å²) in [4.78, 5) is 12.8. The average molecular weight is 492 g/mol. The Hall–Kier alpha value is -2.30. The summed E-state index contributed by atoms with van der Waals surface area (Å²) in [6.45, 7) is 3.64. The highest BCUT2D eigenvalue weighted by Crippen LogP contribution is 2.34. The fourth-order valence-electron chi connectivity index (χ4n) is 2.95. The molecule has 0 aliphatic carbocycles. The van der Waals surface area contributed by atoms with E-state index >= 15 is 0 Å². The summed E-state index contributed by atoms with van der Waals surface area (Å²) >= 11 is 6.00. The second kappa shape index (κ2) is 10.5. The van der Waals surface area contributed by atoms with Gasteiger partial charge in [0.15, 0.2) is 0 Å². The number of benzene rings is 2. The smallest absolute Gasteiger partial charge is 0.372 e. The van der Waals surface area contributed by atoms with Gasteiger partial charge in [0, 0.05) is 6.54 Å². The number of hydrogen-bond donors (Lipinski definition) is 3. The van der Waals surface area contributed by atoms with Crippen molar-refractivity contribution in [3.8, 4) is 0 Å². The van der Waals surface area contributed by atoms with Gasteiger partial charge in [-0.3, -0.25) is 4.79 Å². The van der Waals surface area contributed by atoms with Crippen molar-refractivity contribution in [3.63, 3.8) is 0 Å². The van der Waals surface area contributed by atoms with Crippen molar-refractivity contribution < 1.29 is 26.4 Å². The maximum Gasteiger partial charge on any atom is 0.416 e. The molecule has 176 valence electrons. The molecule has 0 aromatic heterocycles. The predicted octanol–water partition coefficient (Wildman–Crippen LogP) is 4.16. The average Bonchev–Trinajstić information content (AvgIpc) is 2.70. The van der Waals surface area contributed by atoms with Crippen molar-refractivity contribution in [2.24, 2.45) is 5.92 Å². The molecule has 0 unspecified atom stereocenters. The van der Waals surface area contributed by atoms with E-state index in [4.69, 9.17) is 11.6 Å². The quantitative estimate of drug-likeness (QED) is 0.491. The maximum atomic E-state index is 12.9. The summed E-state index contributed by atoms with van der Waals surface area (Å²) in [5.41, 5.74) is 0.498. The lowest BCUT2D eigenvalue weighted by molar-refractivity contribution is -0.137. The number of sulfonamides is 1. The Kier molecular flexibility index (Phi) is 8.55. The first kappa shape index (κ1) is 26.0. The van der Waals surface area contributed by atoms with E-state index in [1.165, 1.54) is 13.1 Å². The SMILES string of the molecule is CNS(=O)(=O)Cc1ccccc1CNC(=O)[C@H](Nc1ccc(C(F)(F)F)cc1Cl)C(C)C. The Morgan fingerprint density at radius 1 is 1.09 bits per heavy atom. The first-order valence-electron chi connectivity index (χ1n) is 9.73. The van der Waals surface area contributed by atoms with Crippen LogP contribution in [0.15, 0.2) is 42.5 Å². The molecule has 0 saturated carbocycles. The number of anilines is 1. The molecular formula is C21H25ClF3N3O3S. The highest BCUT2D eigenvalue weighted by molar-refractivity contribution is 7.88. The molecule has 0 aliphatic heterocycles. The molecule has 2 aromatic carbocycles. The number of halogens is 4. The molecule has 0 spiro atoms. The molecule has 0 fully saturated rings. The van der Waals surface area contributed by atoms with E-state index in [-0.39, 0.29) is 28.9 Å². The van der Waals surface area contributed by atoms with E-state index in [1.54, 1.807) is 38.1 Å². The van der Waals surface area contributed by atoms with Gasteiger partial charge < -0.3 is 10.6 Å². The molecule has 3 N–H and O–H groups in total. The maximum absolute atomic E-state index is 12.9. The number of alkyl halides is 3. The fourth-order valence-corrected chi connectivity index (χ4v) is 4.02. The Balaban J connectivity index is 2.14. The van der Waals surface area contributed by atoms with Crippen molar-refractivity contribution in [1.29, 1.82) is 0 Å². The lowest BCUT2D eigenvalue weighted by Gasteiger charge is -2.24. The highest BCUT2D eigenvalue weighted by Gasteiger charge is 2.31. The van der Waals surface area contributed by atoms with Crippen LogP contribution >= 0.6 is 11.6 Å². The Bertz CT molecular complexity index is 1060. The van der Waals surface area contributed by atoms with Gasteiger partial charge in [-0.2, -0.15) is 13.2 Å². The van der Waals surface area contributed by atoms with Crippen LogP contribution in [0, 0.1) is 5.92 Å². The van der Waals surface area contributed by atoms with E-state index in [0.29, 0.717) is 11.1 Å². The second-order valence-corrected chi connectivity index (χ2v) is 9.84. The van der Waals surface area contributed by atoms with Crippen LogP contribution in [0.5, 0.6) is 0 Å². The van der Waals surface area contributed by atoms with Crippen molar-refractivity contribution in [3.05, 3.63) is 64.2 Å². The van der Waals surface area contributed by atoms with Crippen LogP contribution in [0.25, 0.3) is 0 Å². The van der Waals surface area contributed by atoms with Crippen LogP contribution in [0.4, 0.5) is 18.9 Å². The molecule has 6 nitrogen and oxygen atoms in total. The molecule has 0 aliphatic rings. The predicted molar refractivity (Wildman–Crippen MR) is 119 cm³/mol. The second-order valence-electron chi connectivity index (χ2n) is 7.51. The van der Waals surface area contributed by atoms with E-state index in [2.05, 4.69) is 15.4 Å². The third kappa shape index (κ3) is 7.11. The first-order valence-corrected chi connectivity index (χ1v) is 11.8. The van der Waals surface area contributed by atoms with E-state index in [1.807, 2.05) is 0 Å². The number of amides is 1. The molecule has 2 rings (SSSR count). The van der Waals surface area contributed by atoms with Crippen LogP contribution < -0.4 is 15.4 Å². The zero-order valence-corrected chi connectivity index (χ0v) is 19.3. The van der Waals surface area contributed by atoms with Crippen LogP contribution in [0.1, 0.15) is 30.5 Å².